The zero-order valence-corrected chi connectivity index (χ0v) is 9.19. The van der Waals surface area contributed by atoms with E-state index in [1.165, 1.54) is 0 Å². The summed E-state index contributed by atoms with van der Waals surface area (Å²) in [4.78, 5) is 12.6. The van der Waals surface area contributed by atoms with Gasteiger partial charge in [0, 0.05) is 13.1 Å². The monoisotopic (exact) mass is 226 g/mol. The van der Waals surface area contributed by atoms with Crippen LogP contribution in [0.5, 0.6) is 0 Å². The molecule has 0 fully saturated rings. The van der Waals surface area contributed by atoms with Gasteiger partial charge in [-0.05, 0) is 20.3 Å². The van der Waals surface area contributed by atoms with Crippen molar-refractivity contribution in [3.63, 3.8) is 0 Å². The topological polar surface area (TPSA) is 46.3 Å². The first-order valence-corrected chi connectivity index (χ1v) is 4.83. The summed E-state index contributed by atoms with van der Waals surface area (Å²) < 4.78 is 37.3. The van der Waals surface area contributed by atoms with E-state index in [1.807, 2.05) is 0 Å². The number of nitrogens with zero attached hydrogens (tertiary/aromatic N) is 1. The molecule has 0 aromatic heterocycles. The van der Waals surface area contributed by atoms with Crippen LogP contribution < -0.4 is 5.73 Å². The lowest BCUT2D eigenvalue weighted by Gasteiger charge is -2.32. The molecule has 1 amide bonds. The number of carbonyl (C=O) groups is 1. The van der Waals surface area contributed by atoms with Crippen LogP contribution in [0, 0.1) is 0 Å². The Morgan fingerprint density at radius 3 is 2.07 bits per heavy atom. The summed E-state index contributed by atoms with van der Waals surface area (Å²) in [6.07, 6.45) is -4.11. The number of nitrogens with two attached hydrogens (primary N) is 1. The predicted molar refractivity (Wildman–Crippen MR) is 51.2 cm³/mol. The number of hydrogen-bond acceptors (Lipinski definition) is 2. The number of alkyl halides is 3. The van der Waals surface area contributed by atoms with Gasteiger partial charge in [0.2, 0.25) is 0 Å². The predicted octanol–water partition coefficient (Wildman–Crippen LogP) is 1.52. The van der Waals surface area contributed by atoms with Crippen LogP contribution in [-0.2, 0) is 4.79 Å². The molecule has 0 radical (unpaired) electrons. The number of carbonyl (C=O) groups excluding carboxylic acids is 1. The molecular weight excluding hydrogens is 209 g/mol. The molecule has 0 saturated carbocycles. The normalized spacial score (nSPS) is 15.9. The van der Waals surface area contributed by atoms with E-state index in [2.05, 4.69) is 0 Å². The molecule has 1 unspecified atom stereocenters. The van der Waals surface area contributed by atoms with Gasteiger partial charge >= 0.3 is 6.18 Å². The van der Waals surface area contributed by atoms with E-state index >= 15 is 0 Å². The van der Waals surface area contributed by atoms with Gasteiger partial charge < -0.3 is 10.6 Å². The molecule has 0 aromatic carbocycles. The lowest BCUT2D eigenvalue weighted by Crippen LogP contribution is -2.62. The Bertz CT molecular complexity index is 226. The Labute approximate surface area is 87.4 Å². The lowest BCUT2D eigenvalue weighted by atomic mass is 10.0. The average Bonchev–Trinajstić information content (AvgIpc) is 2.11. The van der Waals surface area contributed by atoms with Crippen molar-refractivity contribution in [3.8, 4) is 0 Å². The van der Waals surface area contributed by atoms with Crippen molar-refractivity contribution in [1.82, 2.24) is 4.90 Å². The molecule has 0 aliphatic rings. The van der Waals surface area contributed by atoms with E-state index in [9.17, 15) is 18.0 Å². The number of amides is 1. The van der Waals surface area contributed by atoms with Crippen LogP contribution >= 0.6 is 0 Å². The highest BCUT2D eigenvalue weighted by Crippen LogP contribution is 2.29. The second kappa shape index (κ2) is 4.83. The van der Waals surface area contributed by atoms with Crippen LogP contribution in [-0.4, -0.2) is 35.6 Å². The Morgan fingerprint density at radius 1 is 1.33 bits per heavy atom. The summed E-state index contributed by atoms with van der Waals surface area (Å²) in [5.74, 6) is -1.07. The van der Waals surface area contributed by atoms with Gasteiger partial charge in [-0.2, -0.15) is 13.2 Å². The second-order valence-electron chi connectivity index (χ2n) is 3.58. The van der Waals surface area contributed by atoms with Crippen LogP contribution in [0.15, 0.2) is 0 Å². The zero-order chi connectivity index (χ0) is 12.3. The maximum atomic E-state index is 12.4. The molecule has 2 N–H and O–H groups in total. The zero-order valence-electron chi connectivity index (χ0n) is 9.19. The fourth-order valence-corrected chi connectivity index (χ4v) is 1.12. The van der Waals surface area contributed by atoms with Crippen molar-refractivity contribution in [3.05, 3.63) is 0 Å². The number of halogens is 3. The smallest absolute Gasteiger partial charge is 0.341 e. The number of rotatable bonds is 4. The average molecular weight is 226 g/mol. The maximum absolute atomic E-state index is 12.4. The molecule has 0 aliphatic heterocycles. The minimum Gasteiger partial charge on any atom is -0.341 e. The molecule has 0 bridgehead atoms. The van der Waals surface area contributed by atoms with Crippen LogP contribution in [0.1, 0.15) is 27.2 Å². The molecule has 90 valence electrons. The van der Waals surface area contributed by atoms with Gasteiger partial charge in [-0.1, -0.05) is 6.92 Å². The number of hydrogen-bond donors (Lipinski definition) is 1. The summed E-state index contributed by atoms with van der Waals surface area (Å²) in [5.41, 5.74) is 2.23. The van der Waals surface area contributed by atoms with E-state index in [4.69, 9.17) is 5.73 Å². The van der Waals surface area contributed by atoms with Gasteiger partial charge in [0.15, 0.2) is 5.54 Å². The third-order valence-electron chi connectivity index (χ3n) is 2.20. The summed E-state index contributed by atoms with van der Waals surface area (Å²) in [6.45, 7) is 4.64. The summed E-state index contributed by atoms with van der Waals surface area (Å²) in [5, 5.41) is 0. The molecule has 6 heteroatoms. The van der Waals surface area contributed by atoms with Crippen LogP contribution in [0.3, 0.4) is 0 Å². The van der Waals surface area contributed by atoms with Crippen molar-refractivity contribution in [2.45, 2.75) is 38.9 Å². The molecule has 3 nitrogen and oxygen atoms in total. The molecule has 15 heavy (non-hydrogen) atoms. The molecule has 0 saturated heterocycles. The third kappa shape index (κ3) is 3.09. The first-order valence-electron chi connectivity index (χ1n) is 4.83. The van der Waals surface area contributed by atoms with Crippen LogP contribution in [0.4, 0.5) is 13.2 Å². The highest BCUT2D eigenvalue weighted by atomic mass is 19.4. The summed E-state index contributed by atoms with van der Waals surface area (Å²) >= 11 is 0. The van der Waals surface area contributed by atoms with Gasteiger partial charge in [0.05, 0.1) is 0 Å². The highest BCUT2D eigenvalue weighted by molar-refractivity contribution is 5.86. The molecule has 0 aromatic rings. The van der Waals surface area contributed by atoms with E-state index in [0.717, 1.165) is 4.90 Å². The summed E-state index contributed by atoms with van der Waals surface area (Å²) in [6, 6.07) is 0. The molecule has 0 rings (SSSR count). The molecule has 1 atom stereocenters. The fourth-order valence-electron chi connectivity index (χ4n) is 1.12. The maximum Gasteiger partial charge on any atom is 0.415 e. The van der Waals surface area contributed by atoms with Gasteiger partial charge in [-0.3, -0.25) is 4.79 Å². The Hall–Kier alpha value is -0.780. The largest absolute Gasteiger partial charge is 0.415 e. The third-order valence-corrected chi connectivity index (χ3v) is 2.20. The SMILES string of the molecule is CCCN(CC)C(=O)C(C)(N)C(F)(F)F. The molecule has 0 aliphatic carbocycles. The molecule has 0 heterocycles. The minimum absolute atomic E-state index is 0.232. The van der Waals surface area contributed by atoms with Crippen molar-refractivity contribution >= 4 is 5.91 Å². The summed E-state index contributed by atoms with van der Waals surface area (Å²) in [7, 11) is 0. The lowest BCUT2D eigenvalue weighted by molar-refractivity contribution is -0.193. The number of likely N-dealkylation sites (N-methyl/N-ethyl adjacent to an activating group) is 1. The standard InChI is InChI=1S/C9H17F3N2O/c1-4-6-14(5-2)7(15)8(3,13)9(10,11)12/h4-6,13H2,1-3H3. The van der Waals surface area contributed by atoms with Gasteiger partial charge in [-0.15, -0.1) is 0 Å². The van der Waals surface area contributed by atoms with Crippen molar-refractivity contribution < 1.29 is 18.0 Å². The Morgan fingerprint density at radius 2 is 1.80 bits per heavy atom. The fraction of sp³-hybridized carbons (Fsp3) is 0.889. The molecule has 0 spiro atoms. The van der Waals surface area contributed by atoms with Gasteiger partial charge in [0.25, 0.3) is 5.91 Å². The van der Waals surface area contributed by atoms with E-state index in [-0.39, 0.29) is 13.1 Å². The van der Waals surface area contributed by atoms with E-state index < -0.39 is 17.6 Å². The van der Waals surface area contributed by atoms with Crippen LogP contribution in [0.25, 0.3) is 0 Å². The van der Waals surface area contributed by atoms with Crippen molar-refractivity contribution in [2.24, 2.45) is 5.73 Å². The Kier molecular flexibility index (Phi) is 4.58. The van der Waals surface area contributed by atoms with Gasteiger partial charge in [0.1, 0.15) is 0 Å². The quantitative estimate of drug-likeness (QED) is 0.790. The van der Waals surface area contributed by atoms with E-state index in [1.54, 1.807) is 13.8 Å². The molecular formula is C9H17F3N2O. The van der Waals surface area contributed by atoms with Crippen molar-refractivity contribution in [1.29, 1.82) is 0 Å². The first kappa shape index (κ1) is 14.2. The van der Waals surface area contributed by atoms with E-state index in [0.29, 0.717) is 13.3 Å². The minimum atomic E-state index is -4.72. The van der Waals surface area contributed by atoms with Gasteiger partial charge in [-0.25, -0.2) is 0 Å². The second-order valence-corrected chi connectivity index (χ2v) is 3.58. The van der Waals surface area contributed by atoms with Crippen LogP contribution in [0.2, 0.25) is 0 Å². The van der Waals surface area contributed by atoms with Crippen molar-refractivity contribution in [2.75, 3.05) is 13.1 Å². The Balaban J connectivity index is 4.81. The first-order chi connectivity index (χ1) is 6.68. The highest BCUT2D eigenvalue weighted by Gasteiger charge is 2.55.